The molecule has 0 saturated carbocycles. The monoisotopic (exact) mass is 262 g/mol. The number of nitrogens with zero attached hydrogens (tertiary/aromatic N) is 2. The van der Waals surface area contributed by atoms with Crippen molar-refractivity contribution in [1.82, 2.24) is 4.90 Å². The van der Waals surface area contributed by atoms with Crippen molar-refractivity contribution in [3.8, 4) is 6.07 Å². The Labute approximate surface area is 110 Å². The van der Waals surface area contributed by atoms with Crippen molar-refractivity contribution < 1.29 is 19.1 Å². The van der Waals surface area contributed by atoms with Gasteiger partial charge in [-0.1, -0.05) is 12.2 Å². The molecule has 19 heavy (non-hydrogen) atoms. The van der Waals surface area contributed by atoms with Crippen molar-refractivity contribution in [2.24, 2.45) is 11.8 Å². The fraction of sp³-hybridized carbons (Fsp3) is 0.538. The largest absolute Gasteiger partial charge is 0.449 e. The first-order valence-corrected chi connectivity index (χ1v) is 6.13. The second kappa shape index (κ2) is 5.22. The number of allylic oxidation sites excluding steroid dienone is 2. The Morgan fingerprint density at radius 2 is 1.95 bits per heavy atom. The third kappa shape index (κ3) is 2.24. The minimum absolute atomic E-state index is 0.319. The van der Waals surface area contributed by atoms with E-state index in [2.05, 4.69) is 4.74 Å². The quantitative estimate of drug-likeness (QED) is 0.417. The van der Waals surface area contributed by atoms with E-state index in [0.29, 0.717) is 12.8 Å². The number of carbonyl (C=O) groups is 3. The van der Waals surface area contributed by atoms with E-state index in [1.54, 1.807) is 6.07 Å². The Bertz CT molecular complexity index is 465. The molecule has 6 heteroatoms. The molecule has 2 amide bonds. The van der Waals surface area contributed by atoms with Gasteiger partial charge in [0.05, 0.1) is 11.8 Å². The maximum atomic E-state index is 12.2. The third-order valence-electron chi connectivity index (χ3n) is 3.55. The number of carbonyl (C=O) groups excluding carboxylic acids is 3. The lowest BCUT2D eigenvalue weighted by molar-refractivity contribution is -0.157. The van der Waals surface area contributed by atoms with Crippen LogP contribution >= 0.6 is 0 Å². The second-order valence-corrected chi connectivity index (χ2v) is 4.64. The summed E-state index contributed by atoms with van der Waals surface area (Å²) in [4.78, 5) is 37.0. The van der Waals surface area contributed by atoms with Crippen molar-refractivity contribution in [2.45, 2.75) is 25.8 Å². The van der Waals surface area contributed by atoms with Crippen LogP contribution in [-0.4, -0.2) is 35.3 Å². The number of ether oxygens (including phenoxy) is 1. The van der Waals surface area contributed by atoms with E-state index in [-0.39, 0.29) is 30.3 Å². The minimum atomic E-state index is -0.973. The zero-order valence-corrected chi connectivity index (χ0v) is 10.5. The predicted molar refractivity (Wildman–Crippen MR) is 63.2 cm³/mol. The number of hydrogen-bond acceptors (Lipinski definition) is 5. The van der Waals surface area contributed by atoms with E-state index in [0.717, 1.165) is 4.90 Å². The van der Waals surface area contributed by atoms with Gasteiger partial charge in [-0.05, 0) is 19.8 Å². The molecule has 6 nitrogen and oxygen atoms in total. The highest BCUT2D eigenvalue weighted by atomic mass is 16.5. The number of imide groups is 1. The maximum Gasteiger partial charge on any atom is 0.330 e. The number of fused-ring (bicyclic) bond motifs is 1. The second-order valence-electron chi connectivity index (χ2n) is 4.64. The Kier molecular flexibility index (Phi) is 3.65. The van der Waals surface area contributed by atoms with Crippen LogP contribution < -0.4 is 0 Å². The summed E-state index contributed by atoms with van der Waals surface area (Å²) in [5.74, 6) is -2.08. The van der Waals surface area contributed by atoms with E-state index in [4.69, 9.17) is 5.26 Å². The Morgan fingerprint density at radius 3 is 2.42 bits per heavy atom. The van der Waals surface area contributed by atoms with Crippen LogP contribution in [0.25, 0.3) is 0 Å². The van der Waals surface area contributed by atoms with Crippen LogP contribution in [-0.2, 0) is 19.1 Å². The zero-order valence-electron chi connectivity index (χ0n) is 10.5. The van der Waals surface area contributed by atoms with Gasteiger partial charge in [0.15, 0.2) is 6.61 Å². The highest BCUT2D eigenvalue weighted by Crippen LogP contribution is 2.36. The Morgan fingerprint density at radius 1 is 1.42 bits per heavy atom. The van der Waals surface area contributed by atoms with Gasteiger partial charge in [-0.2, -0.15) is 5.26 Å². The van der Waals surface area contributed by atoms with E-state index in [1.807, 2.05) is 12.2 Å². The number of nitriles is 1. The van der Waals surface area contributed by atoms with Gasteiger partial charge in [0.25, 0.3) is 0 Å². The molecule has 1 aliphatic carbocycles. The first kappa shape index (κ1) is 13.3. The summed E-state index contributed by atoms with van der Waals surface area (Å²) in [5, 5.41) is 8.35. The molecule has 2 rings (SSSR count). The van der Waals surface area contributed by atoms with Gasteiger partial charge in [0.2, 0.25) is 11.8 Å². The smallest absolute Gasteiger partial charge is 0.330 e. The van der Waals surface area contributed by atoms with Crippen molar-refractivity contribution in [2.75, 3.05) is 6.61 Å². The fourth-order valence-corrected chi connectivity index (χ4v) is 2.54. The summed E-state index contributed by atoms with van der Waals surface area (Å²) >= 11 is 0. The summed E-state index contributed by atoms with van der Waals surface area (Å²) in [7, 11) is 0. The number of amides is 2. The molecule has 100 valence electrons. The normalized spacial score (nSPS) is 26.8. The van der Waals surface area contributed by atoms with Gasteiger partial charge in [-0.3, -0.25) is 14.5 Å². The van der Waals surface area contributed by atoms with Gasteiger partial charge in [-0.15, -0.1) is 0 Å². The molecule has 0 spiro atoms. The molecular weight excluding hydrogens is 248 g/mol. The molecule has 0 aromatic rings. The number of likely N-dealkylation sites (tertiary alicyclic amines) is 1. The van der Waals surface area contributed by atoms with Gasteiger partial charge in [0.1, 0.15) is 12.1 Å². The van der Waals surface area contributed by atoms with Crippen LogP contribution in [0.4, 0.5) is 0 Å². The molecule has 0 N–H and O–H groups in total. The van der Waals surface area contributed by atoms with Crippen LogP contribution in [0.2, 0.25) is 0 Å². The first-order valence-electron chi connectivity index (χ1n) is 6.13. The van der Waals surface area contributed by atoms with Crippen LogP contribution in [0.3, 0.4) is 0 Å². The van der Waals surface area contributed by atoms with Crippen molar-refractivity contribution in [3.63, 3.8) is 0 Å². The molecular formula is C13H14N2O4. The van der Waals surface area contributed by atoms with Crippen LogP contribution in [0.15, 0.2) is 12.2 Å². The van der Waals surface area contributed by atoms with E-state index in [1.165, 1.54) is 6.92 Å². The van der Waals surface area contributed by atoms with E-state index >= 15 is 0 Å². The van der Waals surface area contributed by atoms with Gasteiger partial charge >= 0.3 is 5.97 Å². The number of esters is 1. The Balaban J connectivity index is 2.13. The topological polar surface area (TPSA) is 87.5 Å². The number of hydrogen-bond donors (Lipinski definition) is 0. The van der Waals surface area contributed by atoms with Crippen molar-refractivity contribution >= 4 is 17.8 Å². The third-order valence-corrected chi connectivity index (χ3v) is 3.55. The zero-order chi connectivity index (χ0) is 14.0. The molecule has 1 saturated heterocycles. The molecule has 1 aliphatic heterocycles. The molecule has 2 aliphatic rings. The summed E-state index contributed by atoms with van der Waals surface area (Å²) < 4.78 is 4.65. The standard InChI is InChI=1S/C13H14N2O4/c1-8(13(18)19-7-6-14)15-11(16)9-4-2-3-5-10(9)12(15)17/h2-3,8-10H,4-5,7H2,1H3/t8-,9-,10-/m0/s1. The summed E-state index contributed by atoms with van der Waals surface area (Å²) in [6.45, 7) is 1.06. The van der Waals surface area contributed by atoms with Crippen LogP contribution in [0.5, 0.6) is 0 Å². The number of rotatable bonds is 3. The fourth-order valence-electron chi connectivity index (χ4n) is 2.54. The summed E-state index contributed by atoms with van der Waals surface area (Å²) in [5.41, 5.74) is 0. The van der Waals surface area contributed by atoms with Crippen molar-refractivity contribution in [1.29, 1.82) is 5.26 Å². The average Bonchev–Trinajstić information content (AvgIpc) is 2.68. The summed E-state index contributed by atoms with van der Waals surface area (Å²) in [6.07, 6.45) is 4.83. The maximum absolute atomic E-state index is 12.2. The molecule has 0 aromatic carbocycles. The minimum Gasteiger partial charge on any atom is -0.449 e. The van der Waals surface area contributed by atoms with E-state index < -0.39 is 12.0 Å². The molecule has 0 bridgehead atoms. The highest BCUT2D eigenvalue weighted by molar-refractivity contribution is 6.08. The van der Waals surface area contributed by atoms with Gasteiger partial charge in [0, 0.05) is 0 Å². The average molecular weight is 262 g/mol. The first-order chi connectivity index (χ1) is 9.07. The lowest BCUT2D eigenvalue weighted by Crippen LogP contribution is -2.44. The summed E-state index contributed by atoms with van der Waals surface area (Å²) in [6, 6.07) is 0.702. The van der Waals surface area contributed by atoms with E-state index in [9.17, 15) is 14.4 Å². The van der Waals surface area contributed by atoms with Gasteiger partial charge < -0.3 is 4.74 Å². The van der Waals surface area contributed by atoms with Crippen LogP contribution in [0.1, 0.15) is 19.8 Å². The van der Waals surface area contributed by atoms with Crippen molar-refractivity contribution in [3.05, 3.63) is 12.2 Å². The molecule has 0 radical (unpaired) electrons. The molecule has 0 unspecified atom stereocenters. The van der Waals surface area contributed by atoms with Crippen LogP contribution in [0, 0.1) is 23.2 Å². The molecule has 3 atom stereocenters. The Hall–Kier alpha value is -2.16. The highest BCUT2D eigenvalue weighted by Gasteiger charge is 2.50. The SMILES string of the molecule is C[C@@H](C(=O)OCC#N)N1C(=O)[C@H]2CC=CC[C@@H]2C1=O. The van der Waals surface area contributed by atoms with Gasteiger partial charge in [-0.25, -0.2) is 4.79 Å². The predicted octanol–water partition coefficient (Wildman–Crippen LogP) is 0.393. The molecule has 1 fully saturated rings. The lowest BCUT2D eigenvalue weighted by Gasteiger charge is -2.20. The lowest BCUT2D eigenvalue weighted by atomic mass is 9.85. The molecule has 1 heterocycles. The molecule has 0 aromatic heterocycles.